The number of halogens is 4. The number of nitrogens with zero attached hydrogens (tertiary/aromatic N) is 2. The first-order valence-corrected chi connectivity index (χ1v) is 5.02. The molecule has 0 aromatic carbocycles. The van der Waals surface area contributed by atoms with Gasteiger partial charge in [-0.15, -0.1) is 10.2 Å². The second kappa shape index (κ2) is 4.93. The zero-order chi connectivity index (χ0) is 12.3. The van der Waals surface area contributed by atoms with Crippen LogP contribution in [0.2, 0.25) is 4.47 Å². The van der Waals surface area contributed by atoms with E-state index in [1.807, 2.05) is 5.32 Å². The zero-order valence-corrected chi connectivity index (χ0v) is 9.03. The topological polar surface area (TPSA) is 75.1 Å². The first-order valence-electron chi connectivity index (χ1n) is 3.82. The molecule has 1 aromatic heterocycles. The summed E-state index contributed by atoms with van der Waals surface area (Å²) in [5.74, 6) is -0.868. The molecule has 1 aromatic rings. The van der Waals surface area contributed by atoms with Gasteiger partial charge < -0.3 is 10.4 Å². The lowest BCUT2D eigenvalue weighted by Crippen LogP contribution is -2.40. The van der Waals surface area contributed by atoms with Crippen LogP contribution >= 0.6 is 22.9 Å². The number of aliphatic hydroxyl groups excluding tert-OH is 1. The highest BCUT2D eigenvalue weighted by atomic mass is 35.5. The summed E-state index contributed by atoms with van der Waals surface area (Å²) < 4.78 is 35.6. The van der Waals surface area contributed by atoms with E-state index in [0.29, 0.717) is 0 Å². The summed E-state index contributed by atoms with van der Waals surface area (Å²) in [4.78, 5) is 11.1. The molecule has 0 aliphatic carbocycles. The molecule has 5 nitrogen and oxygen atoms in total. The summed E-state index contributed by atoms with van der Waals surface area (Å²) in [7, 11) is 0. The number of carbonyl (C=O) groups excluding carboxylic acids is 1. The van der Waals surface area contributed by atoms with Gasteiger partial charge in [-0.2, -0.15) is 13.2 Å². The summed E-state index contributed by atoms with van der Waals surface area (Å²) in [5.41, 5.74) is 0. The summed E-state index contributed by atoms with van der Waals surface area (Å²) in [6.07, 6.45) is -7.38. The highest BCUT2D eigenvalue weighted by molar-refractivity contribution is 7.17. The van der Waals surface area contributed by atoms with E-state index in [1.165, 1.54) is 0 Å². The Kier molecular flexibility index (Phi) is 4.05. The SMILES string of the molecule is O=C(NCC(O)C(F)(F)F)c1nnc(Cl)s1. The summed E-state index contributed by atoms with van der Waals surface area (Å²) in [5, 5.41) is 16.9. The van der Waals surface area contributed by atoms with Gasteiger partial charge in [0.2, 0.25) is 9.47 Å². The number of hydrogen-bond donors (Lipinski definition) is 2. The molecule has 16 heavy (non-hydrogen) atoms. The number of aromatic nitrogens is 2. The van der Waals surface area contributed by atoms with E-state index >= 15 is 0 Å². The zero-order valence-electron chi connectivity index (χ0n) is 7.45. The number of nitrogens with one attached hydrogen (secondary N) is 1. The molecule has 0 radical (unpaired) electrons. The largest absolute Gasteiger partial charge is 0.416 e. The average molecular weight is 276 g/mol. The lowest BCUT2D eigenvalue weighted by atomic mass is 10.3. The van der Waals surface area contributed by atoms with Gasteiger partial charge in [-0.1, -0.05) is 11.3 Å². The Morgan fingerprint density at radius 1 is 1.56 bits per heavy atom. The molecule has 0 saturated carbocycles. The van der Waals surface area contributed by atoms with E-state index in [2.05, 4.69) is 10.2 Å². The normalized spacial score (nSPS) is 13.6. The van der Waals surface area contributed by atoms with Crippen molar-refractivity contribution in [2.75, 3.05) is 6.54 Å². The van der Waals surface area contributed by atoms with E-state index in [1.54, 1.807) is 0 Å². The summed E-state index contributed by atoms with van der Waals surface area (Å²) in [6.45, 7) is -0.945. The van der Waals surface area contributed by atoms with Crippen LogP contribution in [0, 0.1) is 0 Å². The Morgan fingerprint density at radius 3 is 2.62 bits per heavy atom. The van der Waals surface area contributed by atoms with Crippen molar-refractivity contribution in [3.05, 3.63) is 9.47 Å². The third-order valence-corrected chi connectivity index (χ3v) is 2.45. The van der Waals surface area contributed by atoms with Crippen LogP contribution in [-0.4, -0.2) is 40.0 Å². The average Bonchev–Trinajstić information content (AvgIpc) is 2.59. The Morgan fingerprint density at radius 2 is 2.19 bits per heavy atom. The van der Waals surface area contributed by atoms with Crippen LogP contribution < -0.4 is 5.32 Å². The molecular weight excluding hydrogens is 271 g/mol. The molecular formula is C6H5ClF3N3O2S. The van der Waals surface area contributed by atoms with E-state index in [9.17, 15) is 18.0 Å². The molecule has 0 aliphatic rings. The predicted molar refractivity (Wildman–Crippen MR) is 49.3 cm³/mol. The molecule has 0 spiro atoms. The van der Waals surface area contributed by atoms with Crippen LogP contribution in [0.1, 0.15) is 9.80 Å². The summed E-state index contributed by atoms with van der Waals surface area (Å²) in [6, 6.07) is 0. The maximum atomic E-state index is 11.9. The number of alkyl halides is 3. The van der Waals surface area contributed by atoms with Crippen molar-refractivity contribution in [2.45, 2.75) is 12.3 Å². The van der Waals surface area contributed by atoms with E-state index in [-0.39, 0.29) is 9.47 Å². The highest BCUT2D eigenvalue weighted by Gasteiger charge is 2.38. The van der Waals surface area contributed by atoms with Gasteiger partial charge in [-0.3, -0.25) is 4.79 Å². The molecule has 10 heteroatoms. The van der Waals surface area contributed by atoms with Gasteiger partial charge in [-0.25, -0.2) is 0 Å². The number of amides is 1. The minimum absolute atomic E-state index is 0.00141. The number of aliphatic hydroxyl groups is 1. The lowest BCUT2D eigenvalue weighted by Gasteiger charge is -2.14. The highest BCUT2D eigenvalue weighted by Crippen LogP contribution is 2.19. The molecule has 0 bridgehead atoms. The Labute approximate surface area is 96.2 Å². The van der Waals surface area contributed by atoms with Crippen molar-refractivity contribution in [3.8, 4) is 0 Å². The van der Waals surface area contributed by atoms with Crippen molar-refractivity contribution in [1.82, 2.24) is 15.5 Å². The quantitative estimate of drug-likeness (QED) is 0.857. The predicted octanol–water partition coefficient (Wildman–Crippen LogP) is 0.844. The fraction of sp³-hybridized carbons (Fsp3) is 0.500. The van der Waals surface area contributed by atoms with E-state index in [0.717, 1.165) is 11.3 Å². The van der Waals surface area contributed by atoms with Gasteiger partial charge in [0, 0.05) is 0 Å². The number of hydrogen-bond acceptors (Lipinski definition) is 5. The lowest BCUT2D eigenvalue weighted by molar-refractivity contribution is -0.201. The van der Waals surface area contributed by atoms with Crippen molar-refractivity contribution in [1.29, 1.82) is 0 Å². The van der Waals surface area contributed by atoms with Gasteiger partial charge in [0.05, 0.1) is 6.54 Å². The van der Waals surface area contributed by atoms with Gasteiger partial charge in [-0.05, 0) is 11.6 Å². The monoisotopic (exact) mass is 275 g/mol. The van der Waals surface area contributed by atoms with Crippen molar-refractivity contribution in [3.63, 3.8) is 0 Å². The molecule has 0 aliphatic heterocycles. The van der Waals surface area contributed by atoms with Crippen molar-refractivity contribution in [2.24, 2.45) is 0 Å². The second-order valence-electron chi connectivity index (χ2n) is 2.63. The molecule has 1 amide bonds. The van der Waals surface area contributed by atoms with Gasteiger partial charge >= 0.3 is 6.18 Å². The Bertz CT molecular complexity index is 383. The molecule has 1 heterocycles. The summed E-state index contributed by atoms with van der Waals surface area (Å²) >= 11 is 6.10. The standard InChI is InChI=1S/C6H5ClF3N3O2S/c7-5-13-12-4(16-5)3(15)11-1-2(14)6(8,9)10/h2,14H,1H2,(H,11,15). The molecule has 1 atom stereocenters. The molecule has 2 N–H and O–H groups in total. The molecule has 1 unspecified atom stereocenters. The third kappa shape index (κ3) is 3.58. The van der Waals surface area contributed by atoms with Gasteiger partial charge in [0.25, 0.3) is 5.91 Å². The van der Waals surface area contributed by atoms with Crippen LogP contribution in [0.15, 0.2) is 0 Å². The molecule has 1 rings (SSSR count). The van der Waals surface area contributed by atoms with Crippen LogP contribution in [0.5, 0.6) is 0 Å². The van der Waals surface area contributed by atoms with Crippen LogP contribution in [-0.2, 0) is 0 Å². The van der Waals surface area contributed by atoms with Crippen molar-refractivity contribution >= 4 is 28.8 Å². The van der Waals surface area contributed by atoms with Crippen LogP contribution in [0.4, 0.5) is 13.2 Å². The van der Waals surface area contributed by atoms with E-state index < -0.39 is 24.7 Å². The minimum Gasteiger partial charge on any atom is -0.382 e. The van der Waals surface area contributed by atoms with E-state index in [4.69, 9.17) is 16.7 Å². The van der Waals surface area contributed by atoms with Gasteiger partial charge in [0.15, 0.2) is 6.10 Å². The Balaban J connectivity index is 2.48. The molecule has 0 saturated heterocycles. The first kappa shape index (κ1) is 13.1. The van der Waals surface area contributed by atoms with Gasteiger partial charge in [0.1, 0.15) is 0 Å². The van der Waals surface area contributed by atoms with Crippen LogP contribution in [0.3, 0.4) is 0 Å². The maximum absolute atomic E-state index is 11.9. The molecule has 0 fully saturated rings. The number of carbonyl (C=O) groups is 1. The fourth-order valence-electron chi connectivity index (χ4n) is 0.678. The minimum atomic E-state index is -4.77. The third-order valence-electron chi connectivity index (χ3n) is 1.43. The van der Waals surface area contributed by atoms with Crippen LogP contribution in [0.25, 0.3) is 0 Å². The Hall–Kier alpha value is -0.930. The fourth-order valence-corrected chi connectivity index (χ4v) is 1.42. The second-order valence-corrected chi connectivity index (χ2v) is 4.19. The van der Waals surface area contributed by atoms with Crippen molar-refractivity contribution < 1.29 is 23.1 Å². The smallest absolute Gasteiger partial charge is 0.382 e. The maximum Gasteiger partial charge on any atom is 0.416 e. The molecule has 90 valence electrons. The number of rotatable bonds is 3. The first-order chi connectivity index (χ1) is 7.30.